The van der Waals surface area contributed by atoms with Crippen LogP contribution in [0.2, 0.25) is 0 Å². The highest BCUT2D eigenvalue weighted by molar-refractivity contribution is 7.18. The van der Waals surface area contributed by atoms with Crippen LogP contribution in [0.25, 0.3) is 10.2 Å². The van der Waals surface area contributed by atoms with Gasteiger partial charge in [0.15, 0.2) is 6.54 Å². The highest BCUT2D eigenvalue weighted by Crippen LogP contribution is 2.20. The fourth-order valence-electron chi connectivity index (χ4n) is 3.74. The molecule has 1 aliphatic heterocycles. The van der Waals surface area contributed by atoms with Gasteiger partial charge in [-0.25, -0.2) is 4.98 Å². The van der Waals surface area contributed by atoms with E-state index in [4.69, 9.17) is 4.98 Å². The summed E-state index contributed by atoms with van der Waals surface area (Å²) in [6.07, 6.45) is 0. The van der Waals surface area contributed by atoms with E-state index in [1.165, 1.54) is 25.0 Å². The van der Waals surface area contributed by atoms with Crippen molar-refractivity contribution in [3.05, 3.63) is 51.2 Å². The molecule has 0 atom stereocenters. The molecule has 2 N–H and O–H groups in total. The average Bonchev–Trinajstić information content (AvgIpc) is 3.28. The smallest absolute Gasteiger partial charge is 0.277 e. The Morgan fingerprint density at radius 3 is 2.61 bits per heavy atom. The molecule has 0 radical (unpaired) electrons. The molecule has 3 heterocycles. The van der Waals surface area contributed by atoms with Crippen molar-refractivity contribution < 1.29 is 14.6 Å². The van der Waals surface area contributed by atoms with Gasteiger partial charge in [-0.05, 0) is 36.1 Å². The molecule has 5 nitrogen and oxygen atoms in total. The Balaban J connectivity index is 1.24. The summed E-state index contributed by atoms with van der Waals surface area (Å²) in [6.45, 7) is 8.76. The van der Waals surface area contributed by atoms with E-state index in [0.717, 1.165) is 44.8 Å². The van der Waals surface area contributed by atoms with Crippen molar-refractivity contribution in [1.29, 1.82) is 0 Å². The second kappa shape index (κ2) is 8.69. The number of thiophene rings is 1. The van der Waals surface area contributed by atoms with Gasteiger partial charge in [0, 0.05) is 11.9 Å². The van der Waals surface area contributed by atoms with E-state index in [-0.39, 0.29) is 5.91 Å². The Hall–Kier alpha value is -1.80. The minimum atomic E-state index is 0.248. The van der Waals surface area contributed by atoms with E-state index < -0.39 is 0 Å². The lowest BCUT2D eigenvalue weighted by Gasteiger charge is -2.29. The lowest BCUT2D eigenvalue weighted by molar-refractivity contribution is -1.02. The summed E-state index contributed by atoms with van der Waals surface area (Å²) < 4.78 is 1.27. The van der Waals surface area contributed by atoms with Crippen molar-refractivity contribution in [2.24, 2.45) is 0 Å². The quantitative estimate of drug-likeness (QED) is 0.618. The molecule has 3 aromatic rings. The number of aryl methyl sites for hydroxylation is 1. The Morgan fingerprint density at radius 2 is 1.89 bits per heavy atom. The number of carbonyl (C=O) groups is 1. The zero-order valence-corrected chi connectivity index (χ0v) is 18.2. The lowest BCUT2D eigenvalue weighted by atomic mass is 10.2. The monoisotopic (exact) mass is 416 g/mol. The SMILES string of the molecule is Cc1ccsc1CN(C)C(=O)C[NH+]1CC[NH+](Cc2nc3ccccc3s2)CC1. The van der Waals surface area contributed by atoms with Gasteiger partial charge in [0.05, 0.1) is 16.8 Å². The van der Waals surface area contributed by atoms with Crippen LogP contribution >= 0.6 is 22.7 Å². The van der Waals surface area contributed by atoms with Gasteiger partial charge in [0.25, 0.3) is 5.91 Å². The van der Waals surface area contributed by atoms with E-state index in [2.05, 4.69) is 42.6 Å². The fourth-order valence-corrected chi connectivity index (χ4v) is 5.74. The van der Waals surface area contributed by atoms with Gasteiger partial charge in [-0.3, -0.25) is 4.79 Å². The zero-order valence-electron chi connectivity index (χ0n) is 16.5. The van der Waals surface area contributed by atoms with E-state index >= 15 is 0 Å². The van der Waals surface area contributed by atoms with Crippen molar-refractivity contribution in [3.8, 4) is 0 Å². The van der Waals surface area contributed by atoms with Crippen LogP contribution in [0.15, 0.2) is 35.7 Å². The highest BCUT2D eigenvalue weighted by atomic mass is 32.1. The first-order valence-electron chi connectivity index (χ1n) is 9.87. The minimum absolute atomic E-state index is 0.248. The average molecular weight is 417 g/mol. The molecule has 0 unspecified atom stereocenters. The van der Waals surface area contributed by atoms with Gasteiger partial charge >= 0.3 is 0 Å². The molecule has 148 valence electrons. The number of aromatic nitrogens is 1. The molecule has 1 amide bonds. The Kier molecular flexibility index (Phi) is 6.06. The molecule has 4 rings (SSSR count). The van der Waals surface area contributed by atoms with Crippen LogP contribution in [-0.2, 0) is 17.9 Å². The van der Waals surface area contributed by atoms with E-state index in [0.29, 0.717) is 6.54 Å². The fraction of sp³-hybridized carbons (Fsp3) is 0.429. The van der Waals surface area contributed by atoms with E-state index in [1.54, 1.807) is 16.2 Å². The Morgan fingerprint density at radius 1 is 1.14 bits per heavy atom. The number of benzene rings is 1. The topological polar surface area (TPSA) is 42.1 Å². The minimum Gasteiger partial charge on any atom is -0.336 e. The number of para-hydroxylation sites is 1. The van der Waals surface area contributed by atoms with E-state index in [9.17, 15) is 4.79 Å². The molecule has 0 saturated carbocycles. The molecule has 1 fully saturated rings. The molecular formula is C21H28N4OS2+2. The predicted molar refractivity (Wildman–Crippen MR) is 115 cm³/mol. The highest BCUT2D eigenvalue weighted by Gasteiger charge is 2.27. The standard InChI is InChI=1S/C21H26N4OS2/c1-16-7-12-27-19(16)13-23(2)21(26)15-25-10-8-24(9-11-25)14-20-22-17-5-3-4-6-18(17)28-20/h3-7,12H,8-11,13-15H2,1-2H3/p+2. The number of amides is 1. The van der Waals surface area contributed by atoms with Crippen LogP contribution in [0, 0.1) is 6.92 Å². The third-order valence-corrected chi connectivity index (χ3v) is 7.62. The van der Waals surface area contributed by atoms with Gasteiger partial charge in [-0.1, -0.05) is 12.1 Å². The third-order valence-electron chi connectivity index (χ3n) is 5.58. The van der Waals surface area contributed by atoms with Crippen molar-refractivity contribution in [3.63, 3.8) is 0 Å². The molecular weight excluding hydrogens is 388 g/mol. The molecule has 1 saturated heterocycles. The Labute approximate surface area is 174 Å². The number of hydrogen-bond acceptors (Lipinski definition) is 4. The molecule has 1 aromatic carbocycles. The number of hydrogen-bond donors (Lipinski definition) is 2. The summed E-state index contributed by atoms with van der Waals surface area (Å²) in [4.78, 5) is 23.5. The van der Waals surface area contributed by atoms with Crippen molar-refractivity contribution in [2.45, 2.75) is 20.0 Å². The molecule has 0 bridgehead atoms. The number of fused-ring (bicyclic) bond motifs is 1. The normalized spacial score (nSPS) is 19.8. The number of quaternary nitrogens is 2. The number of likely N-dealkylation sites (N-methyl/N-ethyl adjacent to an activating group) is 1. The number of nitrogens with one attached hydrogen (secondary N) is 2. The first-order valence-corrected chi connectivity index (χ1v) is 11.6. The van der Waals surface area contributed by atoms with Crippen LogP contribution in [-0.4, -0.2) is 55.6 Å². The second-order valence-corrected chi connectivity index (χ2v) is 9.82. The summed E-state index contributed by atoms with van der Waals surface area (Å²) in [5.74, 6) is 0.248. The molecule has 1 aliphatic rings. The number of carbonyl (C=O) groups excluding carboxylic acids is 1. The summed E-state index contributed by atoms with van der Waals surface area (Å²) in [5, 5.41) is 3.32. The third kappa shape index (κ3) is 4.60. The van der Waals surface area contributed by atoms with Gasteiger partial charge < -0.3 is 14.7 Å². The maximum Gasteiger partial charge on any atom is 0.277 e. The van der Waals surface area contributed by atoms with Gasteiger partial charge in [0.1, 0.15) is 37.7 Å². The summed E-state index contributed by atoms with van der Waals surface area (Å²) in [7, 11) is 1.93. The van der Waals surface area contributed by atoms with Crippen molar-refractivity contribution in [1.82, 2.24) is 9.88 Å². The van der Waals surface area contributed by atoms with Crippen LogP contribution in [0.5, 0.6) is 0 Å². The summed E-state index contributed by atoms with van der Waals surface area (Å²) >= 11 is 3.55. The molecule has 2 aromatic heterocycles. The number of thiazole rings is 1. The van der Waals surface area contributed by atoms with Gasteiger partial charge in [0.2, 0.25) is 0 Å². The molecule has 0 aliphatic carbocycles. The maximum atomic E-state index is 12.6. The summed E-state index contributed by atoms with van der Waals surface area (Å²) in [5.41, 5.74) is 2.39. The van der Waals surface area contributed by atoms with Crippen LogP contribution in [0.3, 0.4) is 0 Å². The van der Waals surface area contributed by atoms with Crippen molar-refractivity contribution in [2.75, 3.05) is 39.8 Å². The molecule has 28 heavy (non-hydrogen) atoms. The van der Waals surface area contributed by atoms with Gasteiger partial charge in [-0.15, -0.1) is 22.7 Å². The molecule has 0 spiro atoms. The Bertz CT molecular complexity index is 910. The zero-order chi connectivity index (χ0) is 19.5. The van der Waals surface area contributed by atoms with E-state index in [1.807, 2.05) is 23.3 Å². The largest absolute Gasteiger partial charge is 0.336 e. The number of rotatable bonds is 6. The number of piperazine rings is 1. The van der Waals surface area contributed by atoms with Crippen molar-refractivity contribution >= 4 is 38.8 Å². The first-order chi connectivity index (χ1) is 13.6. The predicted octanol–water partition coefficient (Wildman–Crippen LogP) is 0.608. The van der Waals surface area contributed by atoms with Crippen LogP contribution in [0.4, 0.5) is 0 Å². The van der Waals surface area contributed by atoms with Crippen LogP contribution < -0.4 is 9.80 Å². The molecule has 7 heteroatoms. The second-order valence-electron chi connectivity index (χ2n) is 7.71. The lowest BCUT2D eigenvalue weighted by Crippen LogP contribution is -3.28. The first kappa shape index (κ1) is 19.5. The van der Waals surface area contributed by atoms with Crippen LogP contribution in [0.1, 0.15) is 15.4 Å². The number of nitrogens with zero attached hydrogens (tertiary/aromatic N) is 2. The maximum absolute atomic E-state index is 12.6. The summed E-state index contributed by atoms with van der Waals surface area (Å²) in [6, 6.07) is 10.5. The van der Waals surface area contributed by atoms with Gasteiger partial charge in [-0.2, -0.15) is 0 Å².